The number of aromatic nitrogens is 2. The molecule has 0 atom stereocenters. The average molecular weight is 273 g/mol. The summed E-state index contributed by atoms with van der Waals surface area (Å²) in [4.78, 5) is 2.19. The number of rotatable bonds is 4. The van der Waals surface area contributed by atoms with Crippen LogP contribution in [-0.2, 0) is 13.6 Å². The molecule has 0 bridgehead atoms. The molecule has 1 aromatic carbocycles. The van der Waals surface area contributed by atoms with E-state index in [1.54, 1.807) is 0 Å². The lowest BCUT2D eigenvalue weighted by molar-refractivity contribution is 0.0143. The molecule has 1 aliphatic carbocycles. The maximum Gasteiger partial charge on any atom is 0.0843 e. The quantitative estimate of drug-likeness (QED) is 0.929. The van der Waals surface area contributed by atoms with Crippen LogP contribution in [0.4, 0.5) is 0 Å². The summed E-state index contributed by atoms with van der Waals surface area (Å²) in [7, 11) is 4.05. The van der Waals surface area contributed by atoms with E-state index in [1.165, 1.54) is 5.39 Å². The minimum absolute atomic E-state index is 0.487. The van der Waals surface area contributed by atoms with Crippen molar-refractivity contribution in [3.63, 3.8) is 0 Å². The van der Waals surface area contributed by atoms with E-state index < -0.39 is 5.60 Å². The summed E-state index contributed by atoms with van der Waals surface area (Å²) < 4.78 is 1.93. The van der Waals surface area contributed by atoms with Crippen molar-refractivity contribution < 1.29 is 5.11 Å². The van der Waals surface area contributed by atoms with Gasteiger partial charge in [0, 0.05) is 25.5 Å². The number of nitrogens with zero attached hydrogens (tertiary/aromatic N) is 3. The molecule has 4 heteroatoms. The van der Waals surface area contributed by atoms with Crippen molar-refractivity contribution in [3.8, 4) is 0 Å². The van der Waals surface area contributed by atoms with Crippen LogP contribution in [0.25, 0.3) is 10.9 Å². The van der Waals surface area contributed by atoms with E-state index in [1.807, 2.05) is 17.8 Å². The second-order valence-corrected chi connectivity index (χ2v) is 6.19. The number of para-hydroxylation sites is 1. The van der Waals surface area contributed by atoms with Gasteiger partial charge in [0.15, 0.2) is 0 Å². The molecule has 4 nitrogen and oxygen atoms in total. The zero-order valence-electron chi connectivity index (χ0n) is 12.3. The molecule has 108 valence electrons. The SMILES string of the molecule is CN(Cc1nn(C)c2ccccc12)CC1(O)CCCC1. The van der Waals surface area contributed by atoms with Crippen LogP contribution in [0.2, 0.25) is 0 Å². The summed E-state index contributed by atoms with van der Waals surface area (Å²) in [5.74, 6) is 0. The predicted molar refractivity (Wildman–Crippen MR) is 80.5 cm³/mol. The van der Waals surface area contributed by atoms with Crippen LogP contribution in [-0.4, -0.2) is 39.0 Å². The Labute approximate surface area is 120 Å². The molecular weight excluding hydrogens is 250 g/mol. The Morgan fingerprint density at radius 2 is 2.00 bits per heavy atom. The fraction of sp³-hybridized carbons (Fsp3) is 0.562. The molecule has 0 unspecified atom stereocenters. The molecule has 1 heterocycles. The summed E-state index contributed by atoms with van der Waals surface area (Å²) in [6.45, 7) is 1.52. The molecule has 1 aromatic heterocycles. The number of aryl methyl sites for hydroxylation is 1. The van der Waals surface area contributed by atoms with E-state index in [0.717, 1.165) is 50.0 Å². The predicted octanol–water partition coefficient (Wildman–Crippen LogP) is 2.31. The minimum atomic E-state index is -0.487. The maximum atomic E-state index is 10.5. The molecule has 1 saturated carbocycles. The first-order valence-corrected chi connectivity index (χ1v) is 7.39. The Morgan fingerprint density at radius 3 is 2.75 bits per heavy atom. The Morgan fingerprint density at radius 1 is 1.30 bits per heavy atom. The van der Waals surface area contributed by atoms with Gasteiger partial charge in [0.2, 0.25) is 0 Å². The Balaban J connectivity index is 1.76. The van der Waals surface area contributed by atoms with Gasteiger partial charge in [-0.2, -0.15) is 5.10 Å². The molecule has 0 saturated heterocycles. The van der Waals surface area contributed by atoms with Gasteiger partial charge in [0.25, 0.3) is 0 Å². The zero-order valence-corrected chi connectivity index (χ0v) is 12.3. The van der Waals surface area contributed by atoms with Crippen molar-refractivity contribution in [1.29, 1.82) is 0 Å². The highest BCUT2D eigenvalue weighted by molar-refractivity contribution is 5.81. The molecule has 3 rings (SSSR count). The molecule has 0 aliphatic heterocycles. The van der Waals surface area contributed by atoms with Crippen molar-refractivity contribution >= 4 is 10.9 Å². The molecule has 20 heavy (non-hydrogen) atoms. The largest absolute Gasteiger partial charge is 0.389 e. The normalized spacial score (nSPS) is 18.2. The lowest BCUT2D eigenvalue weighted by atomic mass is 10.0. The molecule has 0 radical (unpaired) electrons. The molecule has 1 fully saturated rings. The average Bonchev–Trinajstić information content (AvgIpc) is 2.96. The second-order valence-electron chi connectivity index (χ2n) is 6.19. The van der Waals surface area contributed by atoms with Crippen LogP contribution in [0.1, 0.15) is 31.4 Å². The van der Waals surface area contributed by atoms with Crippen LogP contribution in [0.15, 0.2) is 24.3 Å². The van der Waals surface area contributed by atoms with Crippen molar-refractivity contribution in [2.24, 2.45) is 7.05 Å². The van der Waals surface area contributed by atoms with Crippen LogP contribution in [0.3, 0.4) is 0 Å². The molecule has 0 amide bonds. The van der Waals surface area contributed by atoms with Gasteiger partial charge in [-0.05, 0) is 26.0 Å². The molecule has 1 N–H and O–H groups in total. The number of aliphatic hydroxyl groups is 1. The fourth-order valence-electron chi connectivity index (χ4n) is 3.41. The number of hydrogen-bond acceptors (Lipinski definition) is 3. The number of hydrogen-bond donors (Lipinski definition) is 1. The standard InChI is InChI=1S/C16H23N3O/c1-18(12-16(20)9-5-6-10-16)11-14-13-7-3-4-8-15(13)19(2)17-14/h3-4,7-8,20H,5-6,9-12H2,1-2H3. The molecule has 0 spiro atoms. The first-order valence-electron chi connectivity index (χ1n) is 7.39. The summed E-state index contributed by atoms with van der Waals surface area (Å²) in [6.07, 6.45) is 4.16. The first-order chi connectivity index (χ1) is 9.57. The number of fused-ring (bicyclic) bond motifs is 1. The Bertz CT molecular complexity index is 599. The highest BCUT2D eigenvalue weighted by Crippen LogP contribution is 2.30. The van der Waals surface area contributed by atoms with Gasteiger partial charge < -0.3 is 5.11 Å². The summed E-state index contributed by atoms with van der Waals surface area (Å²) in [5.41, 5.74) is 1.77. The lowest BCUT2D eigenvalue weighted by Crippen LogP contribution is -2.38. The van der Waals surface area contributed by atoms with E-state index in [9.17, 15) is 5.11 Å². The topological polar surface area (TPSA) is 41.3 Å². The van der Waals surface area contributed by atoms with Crippen molar-refractivity contribution in [2.45, 2.75) is 37.8 Å². The highest BCUT2D eigenvalue weighted by atomic mass is 16.3. The van der Waals surface area contributed by atoms with Gasteiger partial charge in [0.1, 0.15) is 0 Å². The lowest BCUT2D eigenvalue weighted by Gasteiger charge is -2.28. The third-order valence-electron chi connectivity index (χ3n) is 4.35. The maximum absolute atomic E-state index is 10.5. The third-order valence-corrected chi connectivity index (χ3v) is 4.35. The third kappa shape index (κ3) is 2.58. The highest BCUT2D eigenvalue weighted by Gasteiger charge is 2.32. The monoisotopic (exact) mass is 273 g/mol. The fourth-order valence-corrected chi connectivity index (χ4v) is 3.41. The molecular formula is C16H23N3O. The molecule has 1 aliphatic rings. The summed E-state index contributed by atoms with van der Waals surface area (Å²) in [5, 5.41) is 16.3. The van der Waals surface area contributed by atoms with Crippen LogP contribution in [0, 0.1) is 0 Å². The first kappa shape index (κ1) is 13.6. The van der Waals surface area contributed by atoms with Crippen LogP contribution >= 0.6 is 0 Å². The summed E-state index contributed by atoms with van der Waals surface area (Å²) in [6, 6.07) is 8.31. The number of likely N-dealkylation sites (N-methyl/N-ethyl adjacent to an activating group) is 1. The Kier molecular flexibility index (Phi) is 3.52. The van der Waals surface area contributed by atoms with E-state index in [2.05, 4.69) is 35.2 Å². The van der Waals surface area contributed by atoms with Gasteiger partial charge in [-0.1, -0.05) is 31.0 Å². The van der Waals surface area contributed by atoms with Crippen molar-refractivity contribution in [2.75, 3.05) is 13.6 Å². The van der Waals surface area contributed by atoms with Gasteiger partial charge in [0.05, 0.1) is 16.8 Å². The van der Waals surface area contributed by atoms with Gasteiger partial charge in [-0.25, -0.2) is 0 Å². The Hall–Kier alpha value is -1.39. The van der Waals surface area contributed by atoms with E-state index in [4.69, 9.17) is 0 Å². The van der Waals surface area contributed by atoms with Crippen molar-refractivity contribution in [1.82, 2.24) is 14.7 Å². The number of benzene rings is 1. The van der Waals surface area contributed by atoms with Gasteiger partial charge in [-0.15, -0.1) is 0 Å². The molecule has 2 aromatic rings. The van der Waals surface area contributed by atoms with Crippen LogP contribution < -0.4 is 0 Å². The van der Waals surface area contributed by atoms with Gasteiger partial charge >= 0.3 is 0 Å². The zero-order chi connectivity index (χ0) is 14.2. The smallest absolute Gasteiger partial charge is 0.0843 e. The minimum Gasteiger partial charge on any atom is -0.389 e. The van der Waals surface area contributed by atoms with Crippen molar-refractivity contribution in [3.05, 3.63) is 30.0 Å². The van der Waals surface area contributed by atoms with E-state index >= 15 is 0 Å². The summed E-state index contributed by atoms with van der Waals surface area (Å²) >= 11 is 0. The van der Waals surface area contributed by atoms with E-state index in [-0.39, 0.29) is 0 Å². The van der Waals surface area contributed by atoms with E-state index in [0.29, 0.717) is 0 Å². The van der Waals surface area contributed by atoms with Gasteiger partial charge in [-0.3, -0.25) is 9.58 Å². The second kappa shape index (κ2) is 5.19. The van der Waals surface area contributed by atoms with Crippen LogP contribution in [0.5, 0.6) is 0 Å².